The lowest BCUT2D eigenvalue weighted by Gasteiger charge is -2.29. The van der Waals surface area contributed by atoms with Crippen molar-refractivity contribution in [2.24, 2.45) is 0 Å². The Kier molecular flexibility index (Phi) is 10.1. The second kappa shape index (κ2) is 14.5. The van der Waals surface area contributed by atoms with Crippen molar-refractivity contribution in [3.05, 3.63) is 107 Å². The molecule has 1 aliphatic heterocycles. The van der Waals surface area contributed by atoms with Crippen molar-refractivity contribution in [2.75, 3.05) is 30.5 Å². The van der Waals surface area contributed by atoms with E-state index in [4.69, 9.17) is 19.3 Å². The average molecular weight is 612 g/mol. The molecule has 1 aromatic heterocycles. The highest BCUT2D eigenvalue weighted by Crippen LogP contribution is 2.39. The first kappa shape index (κ1) is 31.3. The molecule has 1 atom stereocenters. The minimum atomic E-state index is -0.655. The predicted octanol–water partition coefficient (Wildman–Crippen LogP) is 5.29. The first-order valence-corrected chi connectivity index (χ1v) is 15.0. The molecular weight excluding hydrogens is 574 g/mol. The fraction of sp³-hybridized carbons (Fsp3) is 0.294. The summed E-state index contributed by atoms with van der Waals surface area (Å²) in [6.07, 6.45) is 0.992. The number of ether oxygens (including phenoxy) is 3. The average Bonchev–Trinajstić information content (AvgIpc) is 3.45. The van der Waals surface area contributed by atoms with E-state index in [2.05, 4.69) is 15.6 Å². The molecule has 11 heteroatoms. The number of fused-ring (bicyclic) bond motifs is 1. The number of hydrogen-bond acceptors (Lipinski definition) is 9. The van der Waals surface area contributed by atoms with Crippen LogP contribution in [0.5, 0.6) is 11.5 Å². The zero-order valence-electron chi connectivity index (χ0n) is 25.6. The summed E-state index contributed by atoms with van der Waals surface area (Å²) in [7, 11) is 0. The van der Waals surface area contributed by atoms with Gasteiger partial charge in [-0.1, -0.05) is 36.4 Å². The number of aryl methyl sites for hydroxylation is 1. The first-order chi connectivity index (χ1) is 21.9. The van der Waals surface area contributed by atoms with Gasteiger partial charge < -0.3 is 30.0 Å². The van der Waals surface area contributed by atoms with E-state index in [-0.39, 0.29) is 19.1 Å². The van der Waals surface area contributed by atoms with Crippen LogP contribution >= 0.6 is 0 Å². The smallest absolute Gasteiger partial charge is 0.338 e. The minimum absolute atomic E-state index is 0.0166. The Labute approximate surface area is 261 Å². The lowest BCUT2D eigenvalue weighted by Crippen LogP contribution is -2.31. The van der Waals surface area contributed by atoms with Crippen LogP contribution in [0.25, 0.3) is 0 Å². The van der Waals surface area contributed by atoms with Crippen LogP contribution in [0.1, 0.15) is 60.5 Å². The van der Waals surface area contributed by atoms with Crippen molar-refractivity contribution in [3.8, 4) is 11.5 Å². The quantitative estimate of drug-likeness (QED) is 0.172. The summed E-state index contributed by atoms with van der Waals surface area (Å²) in [5, 5.41) is 20.3. The first-order valence-electron chi connectivity index (χ1n) is 15.0. The molecule has 234 valence electrons. The molecule has 3 N–H and O–H groups in total. The number of aliphatic hydroxyl groups excluding tert-OH is 1. The third kappa shape index (κ3) is 7.32. The van der Waals surface area contributed by atoms with Crippen molar-refractivity contribution < 1.29 is 28.9 Å². The van der Waals surface area contributed by atoms with Crippen LogP contribution in [0.15, 0.2) is 84.1 Å². The molecule has 5 rings (SSSR count). The molecule has 2 heterocycles. The second-order valence-corrected chi connectivity index (χ2v) is 10.4. The molecule has 0 radical (unpaired) electrons. The van der Waals surface area contributed by atoms with Crippen LogP contribution in [-0.2, 0) is 22.6 Å². The van der Waals surface area contributed by atoms with Crippen LogP contribution in [0.4, 0.5) is 11.6 Å². The normalized spacial score (nSPS) is 13.9. The summed E-state index contributed by atoms with van der Waals surface area (Å²) in [6, 6.07) is 21.3. The Morgan fingerprint density at radius 3 is 2.47 bits per heavy atom. The van der Waals surface area contributed by atoms with Crippen LogP contribution in [0.2, 0.25) is 0 Å². The minimum Gasteiger partial charge on any atom is -0.490 e. The van der Waals surface area contributed by atoms with Crippen molar-refractivity contribution in [3.63, 3.8) is 0 Å². The van der Waals surface area contributed by atoms with Gasteiger partial charge in [0.05, 0.1) is 24.4 Å². The number of esters is 1. The van der Waals surface area contributed by atoms with Crippen LogP contribution in [0.3, 0.4) is 0 Å². The number of aromatic nitrogens is 3. The van der Waals surface area contributed by atoms with Gasteiger partial charge in [-0.3, -0.25) is 4.79 Å². The Bertz CT molecular complexity index is 1670. The van der Waals surface area contributed by atoms with E-state index < -0.39 is 12.0 Å². The van der Waals surface area contributed by atoms with Crippen molar-refractivity contribution >= 4 is 23.5 Å². The van der Waals surface area contributed by atoms with E-state index >= 15 is 0 Å². The Morgan fingerprint density at radius 1 is 0.978 bits per heavy atom. The molecule has 45 heavy (non-hydrogen) atoms. The zero-order valence-corrected chi connectivity index (χ0v) is 25.6. The van der Waals surface area contributed by atoms with E-state index in [9.17, 15) is 14.7 Å². The summed E-state index contributed by atoms with van der Waals surface area (Å²) in [5.74, 6) is 1.38. The van der Waals surface area contributed by atoms with Gasteiger partial charge in [-0.2, -0.15) is 10.1 Å². The number of carbonyl (C=O) groups is 2. The summed E-state index contributed by atoms with van der Waals surface area (Å²) in [4.78, 5) is 30.7. The van der Waals surface area contributed by atoms with Gasteiger partial charge in [-0.05, 0) is 74.7 Å². The van der Waals surface area contributed by atoms with Crippen LogP contribution < -0.4 is 20.1 Å². The monoisotopic (exact) mass is 611 g/mol. The van der Waals surface area contributed by atoms with E-state index in [0.717, 1.165) is 11.1 Å². The fourth-order valence-electron chi connectivity index (χ4n) is 5.06. The van der Waals surface area contributed by atoms with E-state index in [1.54, 1.807) is 35.9 Å². The van der Waals surface area contributed by atoms with E-state index in [0.29, 0.717) is 71.8 Å². The van der Waals surface area contributed by atoms with Gasteiger partial charge in [0.1, 0.15) is 12.6 Å². The lowest BCUT2D eigenvalue weighted by atomic mass is 9.94. The van der Waals surface area contributed by atoms with Gasteiger partial charge in [0, 0.05) is 24.4 Å². The van der Waals surface area contributed by atoms with Gasteiger partial charge in [-0.25, -0.2) is 9.48 Å². The molecule has 3 aromatic carbocycles. The Balaban J connectivity index is 1.49. The highest BCUT2D eigenvalue weighted by molar-refractivity contribution is 6.06. The lowest BCUT2D eigenvalue weighted by molar-refractivity contribution is -0.113. The van der Waals surface area contributed by atoms with Crippen molar-refractivity contribution in [2.45, 2.75) is 46.3 Å². The maximum Gasteiger partial charge on any atom is 0.338 e. The number of nitrogens with one attached hydrogen (secondary N) is 2. The van der Waals surface area contributed by atoms with Crippen LogP contribution in [-0.4, -0.2) is 51.6 Å². The number of hydrogen-bond donors (Lipinski definition) is 3. The standard InChI is InChI=1S/C34H37N5O6/c1-4-43-28-20-25(15-18-27(28)45-21-23-10-7-6-8-11-23)31-30(22(3)35-34-37-29(12-9-19-40)38-39(31)34)32(41)36-26-16-13-24(14-17-26)33(42)44-5-2/h6-8,10-11,13-18,20,31,40H,4-5,9,12,19,21H2,1-3H3,(H,36,41)(H,35,37,38). The number of aliphatic hydroxyl groups is 1. The number of rotatable bonds is 13. The molecule has 4 aromatic rings. The number of carbonyl (C=O) groups excluding carboxylic acids is 2. The van der Waals surface area contributed by atoms with Gasteiger partial charge in [-0.15, -0.1) is 0 Å². The third-order valence-corrected chi connectivity index (χ3v) is 7.17. The summed E-state index contributed by atoms with van der Waals surface area (Å²) >= 11 is 0. The van der Waals surface area contributed by atoms with Gasteiger partial charge >= 0.3 is 5.97 Å². The molecule has 1 amide bonds. The Hall–Kier alpha value is -5.16. The molecule has 0 bridgehead atoms. The number of nitrogens with zero attached hydrogens (tertiary/aromatic N) is 3. The molecular formula is C34H37N5O6. The maximum absolute atomic E-state index is 14.0. The summed E-state index contributed by atoms with van der Waals surface area (Å²) < 4.78 is 18.9. The SMILES string of the molecule is CCOC(=O)c1ccc(NC(=O)C2=C(C)Nc3nc(CCCO)nn3C2c2ccc(OCc3ccccc3)c(OCC)c2)cc1. The number of amides is 1. The molecule has 0 saturated carbocycles. The second-order valence-electron chi connectivity index (χ2n) is 10.4. The molecule has 0 saturated heterocycles. The summed E-state index contributed by atoms with van der Waals surface area (Å²) in [6.45, 7) is 6.54. The highest BCUT2D eigenvalue weighted by atomic mass is 16.5. The molecule has 1 aliphatic rings. The molecule has 1 unspecified atom stereocenters. The van der Waals surface area contributed by atoms with Crippen molar-refractivity contribution in [1.29, 1.82) is 0 Å². The topological polar surface area (TPSA) is 137 Å². The third-order valence-electron chi connectivity index (χ3n) is 7.17. The highest BCUT2D eigenvalue weighted by Gasteiger charge is 2.35. The Morgan fingerprint density at radius 2 is 1.76 bits per heavy atom. The van der Waals surface area contributed by atoms with Crippen molar-refractivity contribution in [1.82, 2.24) is 14.8 Å². The zero-order chi connectivity index (χ0) is 31.8. The number of benzene rings is 3. The van der Waals surface area contributed by atoms with E-state index in [1.807, 2.05) is 62.4 Å². The van der Waals surface area contributed by atoms with E-state index in [1.165, 1.54) is 0 Å². The summed E-state index contributed by atoms with van der Waals surface area (Å²) in [5.41, 5.74) is 3.71. The van der Waals surface area contributed by atoms with Crippen LogP contribution in [0, 0.1) is 0 Å². The largest absolute Gasteiger partial charge is 0.490 e. The van der Waals surface area contributed by atoms with Gasteiger partial charge in [0.25, 0.3) is 5.91 Å². The number of anilines is 2. The maximum atomic E-state index is 14.0. The molecule has 11 nitrogen and oxygen atoms in total. The van der Waals surface area contributed by atoms with Gasteiger partial charge in [0.2, 0.25) is 5.95 Å². The predicted molar refractivity (Wildman–Crippen MR) is 169 cm³/mol. The number of allylic oxidation sites excluding steroid dienone is 1. The molecule has 0 aliphatic carbocycles. The molecule has 0 spiro atoms. The molecule has 0 fully saturated rings. The fourth-order valence-corrected chi connectivity index (χ4v) is 5.06. The van der Waals surface area contributed by atoms with Gasteiger partial charge in [0.15, 0.2) is 17.3 Å².